The van der Waals surface area contributed by atoms with Gasteiger partial charge in [-0.1, -0.05) is 0 Å². The van der Waals surface area contributed by atoms with Crippen LogP contribution in [0.3, 0.4) is 0 Å². The van der Waals surface area contributed by atoms with Gasteiger partial charge in [-0.3, -0.25) is 4.79 Å². The lowest BCUT2D eigenvalue weighted by Gasteiger charge is -1.98. The van der Waals surface area contributed by atoms with Crippen LogP contribution in [0, 0.1) is 0 Å². The van der Waals surface area contributed by atoms with Crippen LogP contribution in [-0.2, 0) is 0 Å². The van der Waals surface area contributed by atoms with E-state index in [-0.39, 0.29) is 11.8 Å². The Kier molecular flexibility index (Phi) is 2.87. The highest BCUT2D eigenvalue weighted by Gasteiger charge is 2.13. The molecule has 0 N–H and O–H groups in total. The lowest BCUT2D eigenvalue weighted by molar-refractivity contribution is 0.105. The molecule has 16 heavy (non-hydrogen) atoms. The van der Waals surface area contributed by atoms with E-state index in [0.29, 0.717) is 5.56 Å². The molecule has 2 aromatic rings. The highest BCUT2D eigenvalue weighted by molar-refractivity contribution is 6.67. The average Bonchev–Trinajstić information content (AvgIpc) is 2.78. The van der Waals surface area contributed by atoms with Gasteiger partial charge in [-0.05, 0) is 35.9 Å². The van der Waals surface area contributed by atoms with Crippen LogP contribution >= 0.6 is 11.6 Å². The SMILES string of the molecule is COc1ccc(-c2nnc(C(=O)Cl)o2)cc1. The van der Waals surface area contributed by atoms with Crippen molar-refractivity contribution < 1.29 is 13.9 Å². The summed E-state index contributed by atoms with van der Waals surface area (Å²) in [6, 6.07) is 6.99. The van der Waals surface area contributed by atoms with Gasteiger partial charge in [0.05, 0.1) is 7.11 Å². The molecule has 1 aromatic carbocycles. The van der Waals surface area contributed by atoms with Crippen LogP contribution in [0.2, 0.25) is 0 Å². The number of carbonyl (C=O) groups excluding carboxylic acids is 1. The second kappa shape index (κ2) is 4.32. The molecular weight excluding hydrogens is 232 g/mol. The molecule has 82 valence electrons. The minimum Gasteiger partial charge on any atom is -0.497 e. The minimum atomic E-state index is -0.771. The Hall–Kier alpha value is -1.88. The molecule has 1 heterocycles. The fourth-order valence-electron chi connectivity index (χ4n) is 1.15. The predicted molar refractivity (Wildman–Crippen MR) is 56.5 cm³/mol. The summed E-state index contributed by atoms with van der Waals surface area (Å²) in [6.45, 7) is 0. The number of methoxy groups -OCH3 is 1. The van der Waals surface area contributed by atoms with Gasteiger partial charge in [0.2, 0.25) is 5.89 Å². The maximum atomic E-state index is 10.7. The first-order valence-electron chi connectivity index (χ1n) is 4.38. The van der Waals surface area contributed by atoms with E-state index >= 15 is 0 Å². The molecule has 2 rings (SSSR count). The third kappa shape index (κ3) is 2.04. The molecule has 0 aliphatic heterocycles. The van der Waals surface area contributed by atoms with Crippen molar-refractivity contribution in [3.05, 3.63) is 30.2 Å². The van der Waals surface area contributed by atoms with Crippen LogP contribution < -0.4 is 4.74 Å². The van der Waals surface area contributed by atoms with Gasteiger partial charge in [0.15, 0.2) is 0 Å². The van der Waals surface area contributed by atoms with Crippen LogP contribution in [0.1, 0.15) is 10.7 Å². The third-order valence-electron chi connectivity index (χ3n) is 1.93. The zero-order valence-electron chi connectivity index (χ0n) is 8.31. The minimum absolute atomic E-state index is 0.215. The monoisotopic (exact) mass is 238 g/mol. The molecule has 1 aromatic heterocycles. The highest BCUT2D eigenvalue weighted by atomic mass is 35.5. The van der Waals surface area contributed by atoms with Crippen LogP contribution in [0.4, 0.5) is 0 Å². The molecule has 6 heteroatoms. The Morgan fingerprint density at radius 3 is 2.50 bits per heavy atom. The predicted octanol–water partition coefficient (Wildman–Crippen LogP) is 2.12. The van der Waals surface area contributed by atoms with Crippen molar-refractivity contribution >= 4 is 16.8 Å². The van der Waals surface area contributed by atoms with Crippen molar-refractivity contribution in [2.75, 3.05) is 7.11 Å². The van der Waals surface area contributed by atoms with Gasteiger partial charge >= 0.3 is 11.1 Å². The third-order valence-corrected chi connectivity index (χ3v) is 2.09. The molecule has 5 nitrogen and oxygen atoms in total. The van der Waals surface area contributed by atoms with Gasteiger partial charge < -0.3 is 9.15 Å². The van der Waals surface area contributed by atoms with Crippen LogP contribution in [0.25, 0.3) is 11.5 Å². The van der Waals surface area contributed by atoms with Crippen molar-refractivity contribution in [1.29, 1.82) is 0 Å². The lowest BCUT2D eigenvalue weighted by Crippen LogP contribution is -1.86. The van der Waals surface area contributed by atoms with E-state index in [9.17, 15) is 4.79 Å². The van der Waals surface area contributed by atoms with Crippen molar-refractivity contribution in [3.63, 3.8) is 0 Å². The smallest absolute Gasteiger partial charge is 0.309 e. The molecule has 0 spiro atoms. The van der Waals surface area contributed by atoms with Gasteiger partial charge in [-0.15, -0.1) is 10.2 Å². The summed E-state index contributed by atoms with van der Waals surface area (Å²) in [4.78, 5) is 10.7. The van der Waals surface area contributed by atoms with E-state index in [1.807, 2.05) is 0 Å². The molecule has 0 unspecified atom stereocenters. The number of carbonyl (C=O) groups is 1. The molecule has 0 aliphatic rings. The Labute approximate surface area is 96.0 Å². The molecule has 0 aliphatic carbocycles. The van der Waals surface area contributed by atoms with Crippen molar-refractivity contribution in [1.82, 2.24) is 10.2 Å². The van der Waals surface area contributed by atoms with E-state index in [0.717, 1.165) is 5.75 Å². The number of hydrogen-bond donors (Lipinski definition) is 0. The summed E-state index contributed by atoms with van der Waals surface area (Å²) in [5, 5.41) is 6.43. The van der Waals surface area contributed by atoms with Crippen molar-refractivity contribution in [2.45, 2.75) is 0 Å². The molecular formula is C10H7ClN2O3. The fraction of sp³-hybridized carbons (Fsp3) is 0.100. The summed E-state index contributed by atoms with van der Waals surface area (Å²) in [5.74, 6) is 0.746. The maximum absolute atomic E-state index is 10.7. The summed E-state index contributed by atoms with van der Waals surface area (Å²) in [6.07, 6.45) is 0. The number of halogens is 1. The average molecular weight is 239 g/mol. The van der Waals surface area contributed by atoms with Gasteiger partial charge in [-0.2, -0.15) is 0 Å². The topological polar surface area (TPSA) is 65.2 Å². The van der Waals surface area contributed by atoms with Crippen molar-refractivity contribution in [2.24, 2.45) is 0 Å². The Bertz CT molecular complexity index is 507. The van der Waals surface area contributed by atoms with Crippen LogP contribution in [0.5, 0.6) is 5.75 Å². The standard InChI is InChI=1S/C10H7ClN2O3/c1-15-7-4-2-6(3-5-7)9-12-13-10(16-9)8(11)14/h2-5H,1H3. The molecule has 0 fully saturated rings. The van der Waals surface area contributed by atoms with E-state index in [4.69, 9.17) is 20.8 Å². The lowest BCUT2D eigenvalue weighted by atomic mass is 10.2. The summed E-state index contributed by atoms with van der Waals surface area (Å²) >= 11 is 5.20. The van der Waals surface area contributed by atoms with Crippen LogP contribution in [0.15, 0.2) is 28.7 Å². The summed E-state index contributed by atoms with van der Waals surface area (Å²) in [5.41, 5.74) is 0.692. The maximum Gasteiger partial charge on any atom is 0.309 e. The Morgan fingerprint density at radius 2 is 2.00 bits per heavy atom. The molecule has 0 amide bonds. The number of hydrogen-bond acceptors (Lipinski definition) is 5. The van der Waals surface area contributed by atoms with E-state index in [2.05, 4.69) is 10.2 Å². The number of nitrogens with zero attached hydrogens (tertiary/aromatic N) is 2. The van der Waals surface area contributed by atoms with Crippen molar-refractivity contribution in [3.8, 4) is 17.2 Å². The second-order valence-electron chi connectivity index (χ2n) is 2.91. The first-order chi connectivity index (χ1) is 7.70. The van der Waals surface area contributed by atoms with E-state index in [1.54, 1.807) is 31.4 Å². The van der Waals surface area contributed by atoms with Crippen LogP contribution in [-0.4, -0.2) is 22.5 Å². The van der Waals surface area contributed by atoms with Gasteiger partial charge in [0.25, 0.3) is 0 Å². The van der Waals surface area contributed by atoms with Gasteiger partial charge in [0.1, 0.15) is 5.75 Å². The normalized spacial score (nSPS) is 10.1. The zero-order valence-corrected chi connectivity index (χ0v) is 9.06. The Balaban J connectivity index is 2.31. The quantitative estimate of drug-likeness (QED) is 0.767. The zero-order chi connectivity index (χ0) is 11.5. The molecule has 0 saturated heterocycles. The highest BCUT2D eigenvalue weighted by Crippen LogP contribution is 2.21. The molecule has 0 atom stereocenters. The first-order valence-corrected chi connectivity index (χ1v) is 4.76. The van der Waals surface area contributed by atoms with Gasteiger partial charge in [-0.25, -0.2) is 0 Å². The fourth-order valence-corrected chi connectivity index (χ4v) is 1.23. The summed E-state index contributed by atoms with van der Waals surface area (Å²) < 4.78 is 10.1. The van der Waals surface area contributed by atoms with Gasteiger partial charge in [0, 0.05) is 5.56 Å². The molecule has 0 radical (unpaired) electrons. The molecule has 0 bridgehead atoms. The van der Waals surface area contributed by atoms with E-state index in [1.165, 1.54) is 0 Å². The molecule has 0 saturated carbocycles. The second-order valence-corrected chi connectivity index (χ2v) is 3.26. The largest absolute Gasteiger partial charge is 0.497 e. The number of rotatable bonds is 3. The number of benzene rings is 1. The number of aromatic nitrogens is 2. The first kappa shape index (κ1) is 10.6. The summed E-state index contributed by atoms with van der Waals surface area (Å²) in [7, 11) is 1.58. The Morgan fingerprint density at radius 1 is 1.31 bits per heavy atom. The van der Waals surface area contributed by atoms with E-state index < -0.39 is 5.24 Å². The number of ether oxygens (including phenoxy) is 1.